The van der Waals surface area contributed by atoms with Gasteiger partial charge in [-0.15, -0.1) is 17.5 Å². The topological polar surface area (TPSA) is 0 Å². The van der Waals surface area contributed by atoms with Crippen molar-refractivity contribution in [1.29, 1.82) is 0 Å². The first kappa shape index (κ1) is 35.7. The third-order valence-corrected chi connectivity index (χ3v) is 6.78. The maximum absolute atomic E-state index is 3.67. The van der Waals surface area contributed by atoms with Crippen molar-refractivity contribution in [2.45, 2.75) is 79.1 Å². The van der Waals surface area contributed by atoms with Gasteiger partial charge in [-0.2, -0.15) is 102 Å². The molecule has 0 aliphatic heterocycles. The molecule has 0 saturated carbocycles. The Morgan fingerprint density at radius 3 is 1.71 bits per heavy atom. The standard InChI is InChI=1S/C21H25.2C7H7.C5H5.H2Si.Zr/c1-20(2,3)16-7-9-18-14(12-16)11-15-13-17(21(4,5)6)8-10-19(15)18;2*1-7-5-3-2-4-6-7;1-2-4-5-3-1;;/h7-10,12H,11H2,1-6H3;2*2-3,5-6H,1H3;1-3H,4H2;1H2;/q4*-1;;. The van der Waals surface area contributed by atoms with Crippen molar-refractivity contribution in [1.82, 2.24) is 0 Å². The number of allylic oxidation sites excluding steroid dienone is 4. The van der Waals surface area contributed by atoms with Gasteiger partial charge in [0.1, 0.15) is 0 Å². The second kappa shape index (κ2) is 17.5. The van der Waals surface area contributed by atoms with Gasteiger partial charge in [0, 0.05) is 0 Å². The zero-order valence-electron chi connectivity index (χ0n) is 26.9. The first-order chi connectivity index (χ1) is 19.9. The molecule has 0 radical (unpaired) electrons. The monoisotopic (exact) mass is 644 g/mol. The summed E-state index contributed by atoms with van der Waals surface area (Å²) in [6, 6.07) is 36.9. The van der Waals surface area contributed by atoms with Crippen LogP contribution in [0, 0.1) is 38.1 Å². The van der Waals surface area contributed by atoms with E-state index >= 15 is 0 Å². The molecule has 0 amide bonds. The molecular formula is C40H46SiZr-4. The molecule has 0 heterocycles. The molecule has 2 heteroatoms. The summed E-state index contributed by atoms with van der Waals surface area (Å²) in [4.78, 5) is 0. The second-order valence-corrected chi connectivity index (χ2v) is 12.5. The minimum atomic E-state index is 0.167. The number of rotatable bonds is 0. The van der Waals surface area contributed by atoms with Crippen molar-refractivity contribution < 1.29 is 23.3 Å². The summed E-state index contributed by atoms with van der Waals surface area (Å²) >= 11 is 1.58. The van der Waals surface area contributed by atoms with Crippen LogP contribution in [0.3, 0.4) is 0 Å². The van der Waals surface area contributed by atoms with Crippen LogP contribution in [0.15, 0.2) is 97.1 Å². The van der Waals surface area contributed by atoms with Gasteiger partial charge in [0.25, 0.3) is 0 Å². The summed E-state index contributed by atoms with van der Waals surface area (Å²) in [5.74, 6) is 0. The molecule has 2 aliphatic rings. The van der Waals surface area contributed by atoms with E-state index in [9.17, 15) is 0 Å². The van der Waals surface area contributed by atoms with E-state index in [0.29, 0.717) is 0 Å². The molecule has 42 heavy (non-hydrogen) atoms. The van der Waals surface area contributed by atoms with E-state index in [2.05, 4.69) is 128 Å². The summed E-state index contributed by atoms with van der Waals surface area (Å²) < 4.78 is 0. The van der Waals surface area contributed by atoms with Crippen LogP contribution in [0.25, 0.3) is 11.1 Å². The van der Waals surface area contributed by atoms with Crippen LogP contribution in [0.1, 0.15) is 81.3 Å². The van der Waals surface area contributed by atoms with Crippen LogP contribution < -0.4 is 0 Å². The Kier molecular flexibility index (Phi) is 14.9. The first-order valence-corrected chi connectivity index (χ1v) is 20.5. The number of hydrogen-bond acceptors (Lipinski definition) is 0. The Morgan fingerprint density at radius 1 is 0.738 bits per heavy atom. The van der Waals surface area contributed by atoms with Gasteiger partial charge in [0.15, 0.2) is 0 Å². The van der Waals surface area contributed by atoms with Crippen LogP contribution in [0.5, 0.6) is 0 Å². The zero-order valence-corrected chi connectivity index (χ0v) is 30.7. The summed E-state index contributed by atoms with van der Waals surface area (Å²) in [6.45, 7) is 19.7. The SMILES string of the molecule is CC(C)(C)c1[c-]c2c(cc1)-c1ccc(C(C)(C)C)cc1C2.Cc1c[c-]ccc1.Cc1c[c-]ccc1.[C-]1=CC=CC1.[SiH2]=[Zr]. The fraction of sp³-hybridized carbons (Fsp3) is 0.300. The fourth-order valence-electron chi connectivity index (χ4n) is 4.33. The van der Waals surface area contributed by atoms with Crippen molar-refractivity contribution in [3.05, 3.63) is 155 Å². The van der Waals surface area contributed by atoms with E-state index in [1.54, 1.807) is 23.3 Å². The van der Waals surface area contributed by atoms with Crippen molar-refractivity contribution in [3.63, 3.8) is 0 Å². The predicted molar refractivity (Wildman–Crippen MR) is 181 cm³/mol. The van der Waals surface area contributed by atoms with Crippen molar-refractivity contribution >= 4 is 6.88 Å². The zero-order chi connectivity index (χ0) is 31.2. The maximum atomic E-state index is 3.67. The Bertz CT molecular complexity index is 1310. The molecule has 0 fully saturated rings. The van der Waals surface area contributed by atoms with Gasteiger partial charge in [-0.1, -0.05) is 79.2 Å². The second-order valence-electron chi connectivity index (χ2n) is 12.5. The average molecular weight is 646 g/mol. The third-order valence-electron chi connectivity index (χ3n) is 6.78. The molecule has 0 nitrogen and oxygen atoms in total. The molecule has 0 bridgehead atoms. The van der Waals surface area contributed by atoms with Crippen molar-refractivity contribution in [3.8, 4) is 11.1 Å². The van der Waals surface area contributed by atoms with Crippen LogP contribution in [-0.2, 0) is 40.6 Å². The third kappa shape index (κ3) is 12.0. The Hall–Kier alpha value is -2.54. The molecule has 2 aliphatic carbocycles. The molecule has 4 aromatic rings. The van der Waals surface area contributed by atoms with Gasteiger partial charge >= 0.3 is 30.2 Å². The molecule has 0 unspecified atom stereocenters. The fourth-order valence-corrected chi connectivity index (χ4v) is 4.33. The normalized spacial score (nSPS) is 12.1. The van der Waals surface area contributed by atoms with Gasteiger partial charge in [0.05, 0.1) is 0 Å². The molecule has 6 rings (SSSR count). The summed E-state index contributed by atoms with van der Waals surface area (Å²) in [7, 11) is 0. The van der Waals surface area contributed by atoms with E-state index < -0.39 is 0 Å². The Labute approximate surface area is 273 Å². The van der Waals surface area contributed by atoms with E-state index in [0.717, 1.165) is 12.8 Å². The van der Waals surface area contributed by atoms with Crippen LogP contribution >= 0.6 is 0 Å². The quantitative estimate of drug-likeness (QED) is 0.116. The van der Waals surface area contributed by atoms with E-state index in [1.165, 1.54) is 44.5 Å². The average Bonchev–Trinajstić information content (AvgIpc) is 3.66. The van der Waals surface area contributed by atoms with Gasteiger partial charge in [-0.25, -0.2) is 12.2 Å². The van der Waals surface area contributed by atoms with Crippen LogP contribution in [0.2, 0.25) is 0 Å². The number of benzene rings is 4. The molecule has 0 saturated heterocycles. The van der Waals surface area contributed by atoms with E-state index in [4.69, 9.17) is 0 Å². The molecule has 0 aromatic heterocycles. The summed E-state index contributed by atoms with van der Waals surface area (Å²) in [6.07, 6.45) is 11.0. The van der Waals surface area contributed by atoms with Gasteiger partial charge < -0.3 is 0 Å². The number of fused-ring (bicyclic) bond motifs is 3. The Morgan fingerprint density at radius 2 is 1.33 bits per heavy atom. The Balaban J connectivity index is 0.000000237. The van der Waals surface area contributed by atoms with Crippen LogP contribution in [0.4, 0.5) is 0 Å². The molecule has 218 valence electrons. The summed E-state index contributed by atoms with van der Waals surface area (Å²) in [5.41, 5.74) is 11.2. The molecule has 0 N–H and O–H groups in total. The molecule has 4 aromatic carbocycles. The molecule has 0 spiro atoms. The minimum absolute atomic E-state index is 0.167. The van der Waals surface area contributed by atoms with Gasteiger partial charge in [-0.3, -0.25) is 6.08 Å². The predicted octanol–water partition coefficient (Wildman–Crippen LogP) is 9.63. The van der Waals surface area contributed by atoms with E-state index in [-0.39, 0.29) is 10.8 Å². The van der Waals surface area contributed by atoms with Gasteiger partial charge in [-0.05, 0) is 28.4 Å². The van der Waals surface area contributed by atoms with Crippen molar-refractivity contribution in [2.24, 2.45) is 0 Å². The van der Waals surface area contributed by atoms with Gasteiger partial charge in [0.2, 0.25) is 0 Å². The number of hydrogen-bond donors (Lipinski definition) is 0. The first-order valence-electron chi connectivity index (χ1n) is 14.6. The van der Waals surface area contributed by atoms with E-state index in [1.807, 2.05) is 55.4 Å². The summed E-state index contributed by atoms with van der Waals surface area (Å²) in [5, 5.41) is 0. The molecule has 0 atom stereocenters. The van der Waals surface area contributed by atoms with Crippen LogP contribution in [-0.4, -0.2) is 6.88 Å². The number of aryl methyl sites for hydroxylation is 2. The molecular weight excluding hydrogens is 600 g/mol. The van der Waals surface area contributed by atoms with Crippen molar-refractivity contribution in [2.75, 3.05) is 0 Å².